The van der Waals surface area contributed by atoms with Crippen molar-refractivity contribution in [3.05, 3.63) is 35.4 Å². The lowest BCUT2D eigenvalue weighted by molar-refractivity contribution is 0.417. The third-order valence-corrected chi connectivity index (χ3v) is 3.73. The number of terminal acetylenes is 1. The predicted octanol–water partition coefficient (Wildman–Crippen LogP) is 3.11. The standard InChI is InChI=1S/C16H21N/c1-3-5-10-16(17-4-2)15-12-11-13-8-6-7-9-14(13)15/h1,6-9,15-17H,4-5,10-12H2,2H3. The highest BCUT2D eigenvalue weighted by molar-refractivity contribution is 5.36. The molecular weight excluding hydrogens is 206 g/mol. The van der Waals surface area contributed by atoms with Crippen LogP contribution in [0, 0.1) is 12.3 Å². The van der Waals surface area contributed by atoms with Gasteiger partial charge in [0.1, 0.15) is 0 Å². The van der Waals surface area contributed by atoms with Gasteiger partial charge < -0.3 is 5.32 Å². The van der Waals surface area contributed by atoms with E-state index in [1.54, 1.807) is 0 Å². The van der Waals surface area contributed by atoms with Gasteiger partial charge in [-0.3, -0.25) is 0 Å². The maximum Gasteiger partial charge on any atom is 0.0145 e. The van der Waals surface area contributed by atoms with Crippen molar-refractivity contribution in [2.24, 2.45) is 0 Å². The third-order valence-electron chi connectivity index (χ3n) is 3.73. The highest BCUT2D eigenvalue weighted by Gasteiger charge is 2.28. The molecule has 1 aromatic carbocycles. The first-order chi connectivity index (χ1) is 8.36. The van der Waals surface area contributed by atoms with E-state index in [0.717, 1.165) is 19.4 Å². The summed E-state index contributed by atoms with van der Waals surface area (Å²) in [5.74, 6) is 3.42. The molecule has 0 bridgehead atoms. The number of likely N-dealkylation sites (N-methyl/N-ethyl adjacent to an activating group) is 1. The van der Waals surface area contributed by atoms with E-state index in [1.807, 2.05) is 0 Å². The Labute approximate surface area is 105 Å². The van der Waals surface area contributed by atoms with E-state index in [-0.39, 0.29) is 0 Å². The van der Waals surface area contributed by atoms with Gasteiger partial charge >= 0.3 is 0 Å². The van der Waals surface area contributed by atoms with Crippen LogP contribution in [-0.2, 0) is 6.42 Å². The zero-order valence-corrected chi connectivity index (χ0v) is 10.6. The van der Waals surface area contributed by atoms with E-state index in [9.17, 15) is 0 Å². The van der Waals surface area contributed by atoms with Crippen LogP contribution in [0.2, 0.25) is 0 Å². The molecule has 17 heavy (non-hydrogen) atoms. The Kier molecular flexibility index (Phi) is 4.23. The van der Waals surface area contributed by atoms with Gasteiger partial charge in [-0.15, -0.1) is 12.3 Å². The lowest BCUT2D eigenvalue weighted by Crippen LogP contribution is -2.34. The topological polar surface area (TPSA) is 12.0 Å². The number of fused-ring (bicyclic) bond motifs is 1. The lowest BCUT2D eigenvalue weighted by Gasteiger charge is -2.24. The van der Waals surface area contributed by atoms with Crippen molar-refractivity contribution in [1.29, 1.82) is 0 Å². The largest absolute Gasteiger partial charge is 0.314 e. The van der Waals surface area contributed by atoms with Crippen LogP contribution in [0.3, 0.4) is 0 Å². The minimum atomic E-state index is 0.541. The van der Waals surface area contributed by atoms with E-state index < -0.39 is 0 Å². The second kappa shape index (κ2) is 5.89. The van der Waals surface area contributed by atoms with Gasteiger partial charge in [-0.2, -0.15) is 0 Å². The van der Waals surface area contributed by atoms with E-state index in [0.29, 0.717) is 12.0 Å². The summed E-state index contributed by atoms with van der Waals surface area (Å²) in [5.41, 5.74) is 3.07. The molecule has 0 radical (unpaired) electrons. The van der Waals surface area contributed by atoms with Crippen LogP contribution in [0.5, 0.6) is 0 Å². The summed E-state index contributed by atoms with van der Waals surface area (Å²) >= 11 is 0. The molecule has 1 nitrogen and oxygen atoms in total. The fourth-order valence-corrected chi connectivity index (χ4v) is 2.95. The van der Waals surface area contributed by atoms with Crippen LogP contribution in [0.1, 0.15) is 43.2 Å². The highest BCUT2D eigenvalue weighted by atomic mass is 14.9. The van der Waals surface area contributed by atoms with Crippen LogP contribution in [0.15, 0.2) is 24.3 Å². The lowest BCUT2D eigenvalue weighted by atomic mass is 9.90. The molecule has 0 saturated carbocycles. The SMILES string of the molecule is C#CCCC(NCC)C1CCc2ccccc21. The molecule has 2 atom stereocenters. The van der Waals surface area contributed by atoms with Crippen LogP contribution in [0.4, 0.5) is 0 Å². The first-order valence-corrected chi connectivity index (χ1v) is 6.61. The Hall–Kier alpha value is -1.26. The Morgan fingerprint density at radius 2 is 2.29 bits per heavy atom. The fraction of sp³-hybridized carbons (Fsp3) is 0.500. The average molecular weight is 227 g/mol. The van der Waals surface area contributed by atoms with Crippen molar-refractivity contribution in [1.82, 2.24) is 5.32 Å². The van der Waals surface area contributed by atoms with E-state index >= 15 is 0 Å². The third kappa shape index (κ3) is 2.70. The monoisotopic (exact) mass is 227 g/mol. The van der Waals surface area contributed by atoms with Crippen molar-refractivity contribution < 1.29 is 0 Å². The van der Waals surface area contributed by atoms with Gasteiger partial charge in [0.25, 0.3) is 0 Å². The van der Waals surface area contributed by atoms with Gasteiger partial charge in [0.05, 0.1) is 0 Å². The molecular formula is C16H21N. The zero-order chi connectivity index (χ0) is 12.1. The Balaban J connectivity index is 2.13. The summed E-state index contributed by atoms with van der Waals surface area (Å²) in [5, 5.41) is 3.60. The van der Waals surface area contributed by atoms with Gasteiger partial charge in [-0.1, -0.05) is 31.2 Å². The highest BCUT2D eigenvalue weighted by Crippen LogP contribution is 2.36. The number of aryl methyl sites for hydroxylation is 1. The average Bonchev–Trinajstić information content (AvgIpc) is 2.78. The van der Waals surface area contributed by atoms with E-state index in [4.69, 9.17) is 6.42 Å². The van der Waals surface area contributed by atoms with Crippen LogP contribution < -0.4 is 5.32 Å². The smallest absolute Gasteiger partial charge is 0.0145 e. The fourth-order valence-electron chi connectivity index (χ4n) is 2.95. The summed E-state index contributed by atoms with van der Waals surface area (Å²) in [7, 11) is 0. The first kappa shape index (κ1) is 12.2. The maximum atomic E-state index is 5.39. The van der Waals surface area contributed by atoms with Gasteiger partial charge in [0, 0.05) is 12.5 Å². The van der Waals surface area contributed by atoms with Gasteiger partial charge in [-0.05, 0) is 42.9 Å². The minimum absolute atomic E-state index is 0.541. The molecule has 0 spiro atoms. The molecule has 1 heteroatoms. The van der Waals surface area contributed by atoms with Crippen LogP contribution in [-0.4, -0.2) is 12.6 Å². The normalized spacial score (nSPS) is 19.6. The number of hydrogen-bond donors (Lipinski definition) is 1. The molecule has 0 saturated heterocycles. The van der Waals surface area contributed by atoms with E-state index in [2.05, 4.69) is 42.4 Å². The number of rotatable bonds is 5. The maximum absolute atomic E-state index is 5.39. The van der Waals surface area contributed by atoms with Gasteiger partial charge in [0.15, 0.2) is 0 Å². The minimum Gasteiger partial charge on any atom is -0.314 e. The summed E-state index contributed by atoms with van der Waals surface area (Å²) in [6.45, 7) is 3.19. The molecule has 2 rings (SSSR count). The molecule has 1 aliphatic rings. The molecule has 1 aliphatic carbocycles. The molecule has 2 unspecified atom stereocenters. The van der Waals surface area contributed by atoms with Crippen molar-refractivity contribution >= 4 is 0 Å². The van der Waals surface area contributed by atoms with Gasteiger partial charge in [0.2, 0.25) is 0 Å². The number of benzene rings is 1. The molecule has 0 aliphatic heterocycles. The van der Waals surface area contributed by atoms with Crippen molar-refractivity contribution in [3.63, 3.8) is 0 Å². The van der Waals surface area contributed by atoms with Crippen molar-refractivity contribution in [2.45, 2.75) is 44.6 Å². The molecule has 0 fully saturated rings. The second-order valence-corrected chi connectivity index (χ2v) is 4.75. The Bertz CT molecular complexity index is 402. The molecule has 1 aromatic rings. The summed E-state index contributed by atoms with van der Waals surface area (Å²) in [6, 6.07) is 9.39. The zero-order valence-electron chi connectivity index (χ0n) is 10.6. The van der Waals surface area contributed by atoms with Crippen molar-refractivity contribution in [2.75, 3.05) is 6.54 Å². The molecule has 0 heterocycles. The Morgan fingerprint density at radius 3 is 3.06 bits per heavy atom. The predicted molar refractivity (Wildman–Crippen MR) is 73.0 cm³/mol. The summed E-state index contributed by atoms with van der Waals surface area (Å²) < 4.78 is 0. The number of nitrogens with one attached hydrogen (secondary N) is 1. The molecule has 90 valence electrons. The first-order valence-electron chi connectivity index (χ1n) is 6.61. The number of hydrogen-bond acceptors (Lipinski definition) is 1. The van der Waals surface area contributed by atoms with Crippen molar-refractivity contribution in [3.8, 4) is 12.3 Å². The quantitative estimate of drug-likeness (QED) is 0.762. The Morgan fingerprint density at radius 1 is 1.47 bits per heavy atom. The molecule has 0 amide bonds. The summed E-state index contributed by atoms with van der Waals surface area (Å²) in [4.78, 5) is 0. The van der Waals surface area contributed by atoms with Crippen LogP contribution in [0.25, 0.3) is 0 Å². The van der Waals surface area contributed by atoms with Crippen LogP contribution >= 0.6 is 0 Å². The van der Waals surface area contributed by atoms with E-state index in [1.165, 1.54) is 24.0 Å². The summed E-state index contributed by atoms with van der Waals surface area (Å²) in [6.07, 6.45) is 9.83. The molecule has 0 aromatic heterocycles. The second-order valence-electron chi connectivity index (χ2n) is 4.75. The molecule has 1 N–H and O–H groups in total. The van der Waals surface area contributed by atoms with Gasteiger partial charge in [-0.25, -0.2) is 0 Å².